The van der Waals surface area contributed by atoms with Crippen molar-refractivity contribution in [2.75, 3.05) is 19.6 Å². The van der Waals surface area contributed by atoms with E-state index in [0.717, 1.165) is 24.2 Å². The number of carbonyl (C=O) groups is 1. The third kappa shape index (κ3) is 8.42. The van der Waals surface area contributed by atoms with E-state index in [9.17, 15) is 14.7 Å². The van der Waals surface area contributed by atoms with Crippen molar-refractivity contribution in [2.45, 2.75) is 47.0 Å². The molecule has 4 aromatic rings. The van der Waals surface area contributed by atoms with Crippen LogP contribution in [0, 0.1) is 17.8 Å². The van der Waals surface area contributed by atoms with Gasteiger partial charge in [-0.1, -0.05) is 100 Å². The fourth-order valence-electron chi connectivity index (χ4n) is 5.75. The maximum Gasteiger partial charge on any atom is 0.343 e. The smallest absolute Gasteiger partial charge is 0.343 e. The Balaban J connectivity index is 1.83. The average Bonchev–Trinajstić information content (AvgIpc) is 2.97. The van der Waals surface area contributed by atoms with Gasteiger partial charge >= 0.3 is 5.63 Å². The van der Waals surface area contributed by atoms with Crippen LogP contribution in [-0.2, 0) is 11.2 Å². The number of para-hydroxylation sites is 1. The van der Waals surface area contributed by atoms with Gasteiger partial charge in [-0.05, 0) is 42.0 Å². The molecule has 2 atom stereocenters. The largest absolute Gasteiger partial charge is 0.507 e. The number of rotatable bonds is 13. The predicted octanol–water partition coefficient (Wildman–Crippen LogP) is 6.60. The molecule has 1 heterocycles. The van der Waals surface area contributed by atoms with Gasteiger partial charge < -0.3 is 14.4 Å². The molecule has 0 aliphatic carbocycles. The van der Waals surface area contributed by atoms with E-state index < -0.39 is 11.5 Å². The van der Waals surface area contributed by atoms with E-state index >= 15 is 0 Å². The van der Waals surface area contributed by atoms with Crippen LogP contribution in [0.2, 0.25) is 0 Å². The van der Waals surface area contributed by atoms with Crippen LogP contribution in [0.4, 0.5) is 0 Å². The maximum absolute atomic E-state index is 13.7. The molecule has 7 nitrogen and oxygen atoms in total. The fourth-order valence-corrected chi connectivity index (χ4v) is 5.75. The van der Waals surface area contributed by atoms with Crippen LogP contribution < -0.4 is 11.1 Å². The van der Waals surface area contributed by atoms with Gasteiger partial charge in [0.25, 0.3) is 0 Å². The Kier molecular flexibility index (Phi) is 10.9. The number of nitrogens with zero attached hydrogens (tertiary/aromatic N) is 2. The molecule has 0 spiro atoms. The van der Waals surface area contributed by atoms with E-state index in [1.807, 2.05) is 73.7 Å². The molecule has 0 aliphatic heterocycles. The highest BCUT2D eigenvalue weighted by Crippen LogP contribution is 2.39. The lowest BCUT2D eigenvalue weighted by Crippen LogP contribution is -2.41. The number of fused-ring (bicyclic) bond motifs is 1. The van der Waals surface area contributed by atoms with Gasteiger partial charge in [0, 0.05) is 37.2 Å². The van der Waals surface area contributed by atoms with Crippen LogP contribution >= 0.6 is 0 Å². The van der Waals surface area contributed by atoms with Crippen molar-refractivity contribution in [3.63, 3.8) is 0 Å². The molecule has 0 bridgehead atoms. The number of aromatic hydroxyl groups is 1. The molecule has 0 saturated carbocycles. The van der Waals surface area contributed by atoms with Gasteiger partial charge in [0.05, 0.1) is 17.4 Å². The highest BCUT2D eigenvalue weighted by atomic mass is 16.4. The van der Waals surface area contributed by atoms with E-state index in [2.05, 4.69) is 43.1 Å². The molecule has 43 heavy (non-hydrogen) atoms. The summed E-state index contributed by atoms with van der Waals surface area (Å²) in [5.41, 5.74) is 5.08. The zero-order valence-corrected chi connectivity index (χ0v) is 25.8. The molecular weight excluding hydrogens is 538 g/mol. The first-order valence-corrected chi connectivity index (χ1v) is 15.0. The van der Waals surface area contributed by atoms with E-state index in [0.29, 0.717) is 35.1 Å². The van der Waals surface area contributed by atoms with Gasteiger partial charge in [0.1, 0.15) is 11.3 Å². The third-order valence-electron chi connectivity index (χ3n) is 7.49. The average molecular weight is 582 g/mol. The molecule has 2 N–H and O–H groups in total. The highest BCUT2D eigenvalue weighted by Gasteiger charge is 2.35. The summed E-state index contributed by atoms with van der Waals surface area (Å²) in [5.74, 6) is -0.445. The lowest BCUT2D eigenvalue weighted by atomic mass is 9.78. The number of hydrazone groups is 1. The minimum absolute atomic E-state index is 0.0918. The molecule has 0 saturated heterocycles. The Labute approximate surface area is 254 Å². The van der Waals surface area contributed by atoms with Gasteiger partial charge in [-0.3, -0.25) is 4.79 Å². The molecule has 0 radical (unpaired) electrons. The first-order chi connectivity index (χ1) is 20.6. The summed E-state index contributed by atoms with van der Waals surface area (Å²) in [4.78, 5) is 28.9. The van der Waals surface area contributed by atoms with Crippen LogP contribution in [0.5, 0.6) is 5.75 Å². The maximum atomic E-state index is 13.7. The summed E-state index contributed by atoms with van der Waals surface area (Å²) in [5, 5.41) is 16.7. The topological polar surface area (TPSA) is 95.1 Å². The van der Waals surface area contributed by atoms with Gasteiger partial charge in [-0.25, -0.2) is 10.2 Å². The van der Waals surface area contributed by atoms with Crippen molar-refractivity contribution >= 4 is 22.6 Å². The minimum atomic E-state index is -0.588. The zero-order valence-electron chi connectivity index (χ0n) is 25.8. The molecule has 4 rings (SSSR count). The first kappa shape index (κ1) is 31.7. The third-order valence-corrected chi connectivity index (χ3v) is 7.49. The summed E-state index contributed by atoms with van der Waals surface area (Å²) in [6, 6.07) is 26.2. The second kappa shape index (κ2) is 14.8. The molecule has 226 valence electrons. The Morgan fingerprint density at radius 2 is 1.44 bits per heavy atom. The van der Waals surface area contributed by atoms with Crippen LogP contribution in [0.3, 0.4) is 0 Å². The zero-order chi connectivity index (χ0) is 30.9. The summed E-state index contributed by atoms with van der Waals surface area (Å²) in [7, 11) is 0. The monoisotopic (exact) mass is 581 g/mol. The standard InChI is InChI=1S/C36H43N3O4/c1-24(2)21-39(22-25(3)4)23-30(26(5)37-38-32(40)20-27-14-8-6-9-15-27)33(28-16-10-7-11-17-28)34-35(41)29-18-12-13-19-31(29)43-36(34)42/h6-19,24-25,30,33,41H,20-23H2,1-5H3,(H,38,40)/b37-26-/t30-,33+/m0/s1. The van der Waals surface area contributed by atoms with Crippen molar-refractivity contribution < 1.29 is 14.3 Å². The van der Waals surface area contributed by atoms with Gasteiger partial charge in [-0.15, -0.1) is 0 Å². The number of benzene rings is 3. The molecular formula is C36H43N3O4. The second-order valence-corrected chi connectivity index (χ2v) is 12.1. The van der Waals surface area contributed by atoms with E-state index in [1.54, 1.807) is 18.2 Å². The van der Waals surface area contributed by atoms with Gasteiger partial charge in [0.2, 0.25) is 5.91 Å². The minimum Gasteiger partial charge on any atom is -0.507 e. The number of nitrogens with one attached hydrogen (secondary N) is 1. The first-order valence-electron chi connectivity index (χ1n) is 15.0. The van der Waals surface area contributed by atoms with Gasteiger partial charge in [-0.2, -0.15) is 5.10 Å². The summed E-state index contributed by atoms with van der Waals surface area (Å²) in [6.07, 6.45) is 0.201. The lowest BCUT2D eigenvalue weighted by molar-refractivity contribution is -0.120. The molecule has 0 unspecified atom stereocenters. The highest BCUT2D eigenvalue weighted by molar-refractivity contribution is 5.89. The van der Waals surface area contributed by atoms with Crippen LogP contribution in [0.15, 0.2) is 99.2 Å². The Hall–Kier alpha value is -4.23. The van der Waals surface area contributed by atoms with Crippen molar-refractivity contribution in [3.8, 4) is 5.75 Å². The van der Waals surface area contributed by atoms with E-state index in [4.69, 9.17) is 4.42 Å². The molecule has 1 amide bonds. The van der Waals surface area contributed by atoms with E-state index in [-0.39, 0.29) is 29.6 Å². The van der Waals surface area contributed by atoms with Crippen LogP contribution in [-0.4, -0.2) is 41.3 Å². The lowest BCUT2D eigenvalue weighted by Gasteiger charge is -2.34. The van der Waals surface area contributed by atoms with Crippen molar-refractivity contribution in [1.82, 2.24) is 10.3 Å². The summed E-state index contributed by atoms with van der Waals surface area (Å²) < 4.78 is 5.77. The van der Waals surface area contributed by atoms with E-state index in [1.165, 1.54) is 0 Å². The number of hydrogen-bond acceptors (Lipinski definition) is 6. The summed E-state index contributed by atoms with van der Waals surface area (Å²) in [6.45, 7) is 12.9. The Morgan fingerprint density at radius 3 is 2.07 bits per heavy atom. The van der Waals surface area contributed by atoms with Crippen molar-refractivity contribution in [3.05, 3.63) is 112 Å². The molecule has 3 aromatic carbocycles. The number of hydrogen-bond donors (Lipinski definition) is 2. The number of amides is 1. The molecule has 7 heteroatoms. The van der Waals surface area contributed by atoms with Crippen LogP contribution in [0.25, 0.3) is 11.0 Å². The van der Waals surface area contributed by atoms with Crippen LogP contribution in [0.1, 0.15) is 57.2 Å². The molecule has 0 aliphatic rings. The Morgan fingerprint density at radius 1 is 0.860 bits per heavy atom. The number of carbonyl (C=O) groups excluding carboxylic acids is 1. The second-order valence-electron chi connectivity index (χ2n) is 12.1. The predicted molar refractivity (Wildman–Crippen MR) is 173 cm³/mol. The summed E-state index contributed by atoms with van der Waals surface area (Å²) >= 11 is 0. The molecule has 0 fully saturated rings. The SMILES string of the molecule is C/C(=N/NC(=O)Cc1ccccc1)[C@H](CN(CC(C)C)CC(C)C)[C@@H](c1ccccc1)c1c(O)c2ccccc2oc1=O. The Bertz CT molecular complexity index is 1570. The van der Waals surface area contributed by atoms with Gasteiger partial charge in [0.15, 0.2) is 0 Å². The fraction of sp³-hybridized carbons (Fsp3) is 0.361. The quantitative estimate of drug-likeness (QED) is 0.105. The van der Waals surface area contributed by atoms with Crippen molar-refractivity contribution in [2.24, 2.45) is 22.9 Å². The molecule has 1 aromatic heterocycles. The van der Waals surface area contributed by atoms with Crippen molar-refractivity contribution in [1.29, 1.82) is 0 Å². The normalized spacial score (nSPS) is 13.5.